The number of nitrogen functional groups attached to an aromatic ring is 1. The Morgan fingerprint density at radius 3 is 2.68 bits per heavy atom. The maximum atomic E-state index is 12.1. The van der Waals surface area contributed by atoms with Crippen molar-refractivity contribution < 1.29 is 14.3 Å². The van der Waals surface area contributed by atoms with E-state index in [9.17, 15) is 4.79 Å². The minimum Gasteiger partial charge on any atom is -0.493 e. The molecule has 0 saturated carbocycles. The van der Waals surface area contributed by atoms with Gasteiger partial charge in [-0.15, -0.1) is 10.2 Å². The highest BCUT2D eigenvalue weighted by atomic mass is 32.1. The van der Waals surface area contributed by atoms with Gasteiger partial charge >= 0.3 is 0 Å². The fourth-order valence-electron chi connectivity index (χ4n) is 1.89. The van der Waals surface area contributed by atoms with Crippen molar-refractivity contribution in [2.45, 2.75) is 12.8 Å². The first-order valence-electron chi connectivity index (χ1n) is 6.72. The Kier molecular flexibility index (Phi) is 5.54. The van der Waals surface area contributed by atoms with Crippen LogP contribution in [-0.2, 0) is 6.42 Å². The average molecular weight is 322 g/mol. The van der Waals surface area contributed by atoms with Crippen LogP contribution in [0.3, 0.4) is 0 Å². The molecule has 0 aliphatic heterocycles. The summed E-state index contributed by atoms with van der Waals surface area (Å²) in [4.78, 5) is 12.1. The second-order valence-electron chi connectivity index (χ2n) is 4.46. The summed E-state index contributed by atoms with van der Waals surface area (Å²) in [6.07, 6.45) is 1.51. The van der Waals surface area contributed by atoms with E-state index in [0.717, 1.165) is 17.8 Å². The van der Waals surface area contributed by atoms with Crippen LogP contribution in [0.25, 0.3) is 0 Å². The van der Waals surface area contributed by atoms with Gasteiger partial charge in [0.15, 0.2) is 11.5 Å². The lowest BCUT2D eigenvalue weighted by molar-refractivity contribution is 0.0953. The number of benzene rings is 1. The van der Waals surface area contributed by atoms with Gasteiger partial charge in [-0.25, -0.2) is 0 Å². The highest BCUT2D eigenvalue weighted by Crippen LogP contribution is 2.27. The Morgan fingerprint density at radius 1 is 1.27 bits per heavy atom. The van der Waals surface area contributed by atoms with Gasteiger partial charge in [0.25, 0.3) is 5.91 Å². The van der Waals surface area contributed by atoms with Crippen LogP contribution in [0.5, 0.6) is 11.5 Å². The molecule has 0 radical (unpaired) electrons. The number of aromatic nitrogens is 2. The molecule has 3 N–H and O–H groups in total. The van der Waals surface area contributed by atoms with Crippen LogP contribution in [0.15, 0.2) is 18.2 Å². The Labute approximate surface area is 132 Å². The van der Waals surface area contributed by atoms with Crippen molar-refractivity contribution in [3.63, 3.8) is 0 Å². The van der Waals surface area contributed by atoms with Gasteiger partial charge in [-0.1, -0.05) is 11.3 Å². The Morgan fingerprint density at radius 2 is 2.05 bits per heavy atom. The number of methoxy groups -OCH3 is 2. The molecule has 1 amide bonds. The van der Waals surface area contributed by atoms with Gasteiger partial charge in [0.05, 0.1) is 14.2 Å². The molecule has 2 rings (SSSR count). The number of carbonyl (C=O) groups excluding carboxylic acids is 1. The number of anilines is 1. The molecule has 0 spiro atoms. The molecule has 7 nitrogen and oxygen atoms in total. The fraction of sp³-hybridized carbons (Fsp3) is 0.357. The highest BCUT2D eigenvalue weighted by molar-refractivity contribution is 7.15. The minimum absolute atomic E-state index is 0.155. The molecule has 118 valence electrons. The predicted octanol–water partition coefficient (Wildman–Crippen LogP) is 1.50. The van der Waals surface area contributed by atoms with E-state index < -0.39 is 0 Å². The summed E-state index contributed by atoms with van der Waals surface area (Å²) in [7, 11) is 3.09. The topological polar surface area (TPSA) is 99.4 Å². The Balaban J connectivity index is 1.84. The van der Waals surface area contributed by atoms with Crippen LogP contribution >= 0.6 is 11.3 Å². The molecule has 8 heteroatoms. The first-order valence-corrected chi connectivity index (χ1v) is 7.53. The molecule has 0 aliphatic rings. The van der Waals surface area contributed by atoms with Gasteiger partial charge in [-0.3, -0.25) is 4.79 Å². The lowest BCUT2D eigenvalue weighted by atomic mass is 10.2. The first kappa shape index (κ1) is 16.0. The number of nitrogens with zero attached hydrogens (tertiary/aromatic N) is 2. The van der Waals surface area contributed by atoms with E-state index in [1.165, 1.54) is 18.4 Å². The van der Waals surface area contributed by atoms with Gasteiger partial charge in [0, 0.05) is 18.5 Å². The third-order valence-corrected chi connectivity index (χ3v) is 3.79. The van der Waals surface area contributed by atoms with Crippen molar-refractivity contribution in [1.29, 1.82) is 0 Å². The molecule has 0 bridgehead atoms. The molecule has 0 atom stereocenters. The van der Waals surface area contributed by atoms with Crippen LogP contribution in [0, 0.1) is 0 Å². The van der Waals surface area contributed by atoms with Crippen LogP contribution < -0.4 is 20.5 Å². The van der Waals surface area contributed by atoms with Gasteiger partial charge < -0.3 is 20.5 Å². The summed E-state index contributed by atoms with van der Waals surface area (Å²) in [5, 5.41) is 11.9. The van der Waals surface area contributed by atoms with Crippen LogP contribution in [-0.4, -0.2) is 36.9 Å². The molecule has 2 aromatic rings. The number of ether oxygens (including phenoxy) is 2. The molecule has 1 heterocycles. The van der Waals surface area contributed by atoms with Crippen LogP contribution in [0.4, 0.5) is 5.13 Å². The van der Waals surface area contributed by atoms with Gasteiger partial charge in [0.1, 0.15) is 5.01 Å². The van der Waals surface area contributed by atoms with Crippen LogP contribution in [0.1, 0.15) is 21.8 Å². The van der Waals surface area contributed by atoms with Crippen molar-refractivity contribution >= 4 is 22.4 Å². The summed E-state index contributed by atoms with van der Waals surface area (Å²) in [6.45, 7) is 0.548. The summed E-state index contributed by atoms with van der Waals surface area (Å²) < 4.78 is 10.3. The Hall–Kier alpha value is -2.35. The fourth-order valence-corrected chi connectivity index (χ4v) is 2.54. The smallest absolute Gasteiger partial charge is 0.251 e. The van der Waals surface area contributed by atoms with Crippen molar-refractivity contribution in [2.75, 3.05) is 26.5 Å². The maximum Gasteiger partial charge on any atom is 0.251 e. The van der Waals surface area contributed by atoms with E-state index in [2.05, 4.69) is 15.5 Å². The quantitative estimate of drug-likeness (QED) is 0.749. The standard InChI is InChI=1S/C14H18N4O3S/c1-20-10-6-5-9(8-11(10)21-2)13(19)16-7-3-4-12-17-18-14(15)22-12/h5-6,8H,3-4,7H2,1-2H3,(H2,15,18)(H,16,19). The SMILES string of the molecule is COc1ccc(C(=O)NCCCc2nnc(N)s2)cc1OC. The van der Waals surface area contributed by atoms with Gasteiger partial charge in [-0.05, 0) is 24.6 Å². The third kappa shape index (κ3) is 4.08. The summed E-state index contributed by atoms with van der Waals surface area (Å²) in [5.74, 6) is 0.963. The highest BCUT2D eigenvalue weighted by Gasteiger charge is 2.10. The summed E-state index contributed by atoms with van der Waals surface area (Å²) in [5.41, 5.74) is 6.04. The summed E-state index contributed by atoms with van der Waals surface area (Å²) in [6, 6.07) is 5.06. The molecule has 0 saturated heterocycles. The van der Waals surface area contributed by atoms with E-state index in [4.69, 9.17) is 15.2 Å². The van der Waals surface area contributed by atoms with E-state index in [0.29, 0.717) is 28.7 Å². The van der Waals surface area contributed by atoms with E-state index in [-0.39, 0.29) is 5.91 Å². The minimum atomic E-state index is -0.155. The van der Waals surface area contributed by atoms with Gasteiger partial charge in [-0.2, -0.15) is 0 Å². The Bertz CT molecular complexity index is 645. The number of aryl methyl sites for hydroxylation is 1. The number of carbonyl (C=O) groups is 1. The lowest BCUT2D eigenvalue weighted by Gasteiger charge is -2.09. The zero-order chi connectivity index (χ0) is 15.9. The second kappa shape index (κ2) is 7.60. The molecule has 0 unspecified atom stereocenters. The van der Waals surface area contributed by atoms with Crippen molar-refractivity contribution in [3.8, 4) is 11.5 Å². The first-order chi connectivity index (χ1) is 10.6. The molecule has 22 heavy (non-hydrogen) atoms. The second-order valence-corrected chi connectivity index (χ2v) is 5.56. The number of nitrogens with two attached hydrogens (primary N) is 1. The van der Waals surface area contributed by atoms with Crippen LogP contribution in [0.2, 0.25) is 0 Å². The maximum absolute atomic E-state index is 12.1. The average Bonchev–Trinajstić information content (AvgIpc) is 2.96. The molecule has 1 aromatic carbocycles. The molecular weight excluding hydrogens is 304 g/mol. The molecule has 1 aromatic heterocycles. The predicted molar refractivity (Wildman–Crippen MR) is 84.5 cm³/mol. The largest absolute Gasteiger partial charge is 0.493 e. The lowest BCUT2D eigenvalue weighted by Crippen LogP contribution is -2.24. The number of rotatable bonds is 7. The zero-order valence-corrected chi connectivity index (χ0v) is 13.3. The molecule has 0 aliphatic carbocycles. The monoisotopic (exact) mass is 322 g/mol. The van der Waals surface area contributed by atoms with E-state index >= 15 is 0 Å². The number of nitrogens with one attached hydrogen (secondary N) is 1. The van der Waals surface area contributed by atoms with Gasteiger partial charge in [0.2, 0.25) is 5.13 Å². The number of amides is 1. The van der Waals surface area contributed by atoms with Crippen molar-refractivity contribution in [3.05, 3.63) is 28.8 Å². The van der Waals surface area contributed by atoms with E-state index in [1.807, 2.05) is 0 Å². The number of hydrogen-bond acceptors (Lipinski definition) is 7. The summed E-state index contributed by atoms with van der Waals surface area (Å²) >= 11 is 1.36. The van der Waals surface area contributed by atoms with E-state index in [1.54, 1.807) is 25.3 Å². The molecule has 0 fully saturated rings. The van der Waals surface area contributed by atoms with Crippen molar-refractivity contribution in [1.82, 2.24) is 15.5 Å². The zero-order valence-electron chi connectivity index (χ0n) is 12.5. The molecular formula is C14H18N4O3S. The van der Waals surface area contributed by atoms with Crippen molar-refractivity contribution in [2.24, 2.45) is 0 Å². The third-order valence-electron chi connectivity index (χ3n) is 2.98. The normalized spacial score (nSPS) is 10.3. The number of hydrogen-bond donors (Lipinski definition) is 2.